The fourth-order valence-corrected chi connectivity index (χ4v) is 3.87. The Bertz CT molecular complexity index is 879. The Morgan fingerprint density at radius 3 is 2.37 bits per heavy atom. The second-order valence-corrected chi connectivity index (χ2v) is 8.39. The van der Waals surface area contributed by atoms with Crippen molar-refractivity contribution in [1.29, 1.82) is 0 Å². The molecule has 1 N–H and O–H groups in total. The van der Waals surface area contributed by atoms with Gasteiger partial charge in [-0.25, -0.2) is 8.42 Å². The van der Waals surface area contributed by atoms with Crippen molar-refractivity contribution in [2.45, 2.75) is 26.8 Å². The van der Waals surface area contributed by atoms with Crippen LogP contribution in [0.25, 0.3) is 0 Å². The highest BCUT2D eigenvalue weighted by Crippen LogP contribution is 2.21. The van der Waals surface area contributed by atoms with E-state index < -0.39 is 16.1 Å². The van der Waals surface area contributed by atoms with Crippen molar-refractivity contribution < 1.29 is 17.9 Å². The maximum absolute atomic E-state index is 12.5. The highest BCUT2D eigenvalue weighted by Gasteiger charge is 2.28. The van der Waals surface area contributed by atoms with Gasteiger partial charge in [-0.2, -0.15) is 0 Å². The molecule has 0 bridgehead atoms. The molecule has 2 aromatic carbocycles. The molecule has 0 saturated heterocycles. The van der Waals surface area contributed by atoms with Crippen molar-refractivity contribution in [2.75, 3.05) is 23.7 Å². The third kappa shape index (κ3) is 5.99. The number of nitrogens with zero attached hydrogens (tertiary/aromatic N) is 1. The van der Waals surface area contributed by atoms with Crippen LogP contribution in [0.4, 0.5) is 5.69 Å². The lowest BCUT2D eigenvalue weighted by atomic mass is 10.2. The number of carbonyl (C=O) groups excluding carboxylic acids is 1. The van der Waals surface area contributed by atoms with Gasteiger partial charge in [0.15, 0.2) is 0 Å². The molecule has 0 aliphatic rings. The van der Waals surface area contributed by atoms with Gasteiger partial charge in [0.25, 0.3) is 0 Å². The lowest BCUT2D eigenvalue weighted by Crippen LogP contribution is -2.48. The number of rotatable bonds is 8. The highest BCUT2D eigenvalue weighted by atomic mass is 32.2. The van der Waals surface area contributed by atoms with E-state index in [1.807, 2.05) is 44.2 Å². The number of nitrogens with one attached hydrogen (secondary N) is 1. The first-order chi connectivity index (χ1) is 12.7. The van der Waals surface area contributed by atoms with Crippen molar-refractivity contribution >= 4 is 21.6 Å². The van der Waals surface area contributed by atoms with E-state index in [9.17, 15) is 13.2 Å². The smallest absolute Gasteiger partial charge is 0.243 e. The zero-order valence-electron chi connectivity index (χ0n) is 16.1. The summed E-state index contributed by atoms with van der Waals surface area (Å²) in [4.78, 5) is 12.5. The molecule has 146 valence electrons. The van der Waals surface area contributed by atoms with E-state index in [1.54, 1.807) is 25.1 Å². The first-order valence-electron chi connectivity index (χ1n) is 8.72. The fraction of sp³-hybridized carbons (Fsp3) is 0.350. The summed E-state index contributed by atoms with van der Waals surface area (Å²) in [6.45, 7) is 6.01. The maximum Gasteiger partial charge on any atom is 0.243 e. The molecule has 2 aromatic rings. The van der Waals surface area contributed by atoms with Gasteiger partial charge in [0, 0.05) is 0 Å². The van der Waals surface area contributed by atoms with Gasteiger partial charge < -0.3 is 10.1 Å². The second-order valence-electron chi connectivity index (χ2n) is 6.53. The number of anilines is 1. The largest absolute Gasteiger partial charge is 0.492 e. The quantitative estimate of drug-likeness (QED) is 0.703. The van der Waals surface area contributed by atoms with Crippen LogP contribution in [0.1, 0.15) is 18.1 Å². The molecule has 0 aliphatic carbocycles. The summed E-state index contributed by atoms with van der Waals surface area (Å²) in [7, 11) is -3.62. The number of hydrogen-bond acceptors (Lipinski definition) is 4. The Labute approximate surface area is 161 Å². The fourth-order valence-electron chi connectivity index (χ4n) is 2.70. The van der Waals surface area contributed by atoms with Crippen molar-refractivity contribution in [3.8, 4) is 5.75 Å². The molecule has 1 unspecified atom stereocenters. The standard InChI is InChI=1S/C20H26N2O4S/c1-15-8-10-19(11-9-15)26-13-12-21-20(23)17(3)22(27(4,24)25)18-7-5-6-16(2)14-18/h5-11,14,17H,12-13H2,1-4H3,(H,21,23). The van der Waals surface area contributed by atoms with E-state index in [2.05, 4.69) is 5.32 Å². The number of carbonyl (C=O) groups is 1. The van der Waals surface area contributed by atoms with Gasteiger partial charge in [0.05, 0.1) is 18.5 Å². The van der Waals surface area contributed by atoms with Crippen molar-refractivity contribution in [3.05, 3.63) is 59.7 Å². The first-order valence-corrected chi connectivity index (χ1v) is 10.6. The minimum atomic E-state index is -3.62. The summed E-state index contributed by atoms with van der Waals surface area (Å²) in [5, 5.41) is 2.73. The van der Waals surface area contributed by atoms with E-state index in [0.717, 1.165) is 27.4 Å². The molecule has 0 heterocycles. The molecule has 1 atom stereocenters. The number of hydrogen-bond donors (Lipinski definition) is 1. The maximum atomic E-state index is 12.5. The van der Waals surface area contributed by atoms with Crippen LogP contribution in [0.2, 0.25) is 0 Å². The molecule has 0 fully saturated rings. The Kier molecular flexibility index (Phi) is 6.85. The molecule has 0 aromatic heterocycles. The number of amides is 1. The third-order valence-corrected chi connectivity index (χ3v) is 5.28. The normalized spacial score (nSPS) is 12.3. The predicted molar refractivity (Wildman–Crippen MR) is 108 cm³/mol. The van der Waals surface area contributed by atoms with Crippen LogP contribution in [0, 0.1) is 13.8 Å². The van der Waals surface area contributed by atoms with Crippen LogP contribution in [0.15, 0.2) is 48.5 Å². The SMILES string of the molecule is Cc1ccc(OCCNC(=O)C(C)N(c2cccc(C)c2)S(C)(=O)=O)cc1. The molecule has 6 nitrogen and oxygen atoms in total. The van der Waals surface area contributed by atoms with Gasteiger partial charge >= 0.3 is 0 Å². The highest BCUT2D eigenvalue weighted by molar-refractivity contribution is 7.92. The Balaban J connectivity index is 1.97. The molecule has 27 heavy (non-hydrogen) atoms. The minimum Gasteiger partial charge on any atom is -0.492 e. The Morgan fingerprint density at radius 2 is 1.78 bits per heavy atom. The molecular formula is C20H26N2O4S. The topological polar surface area (TPSA) is 75.7 Å². The number of benzene rings is 2. The molecule has 2 rings (SSSR count). The number of ether oxygens (including phenoxy) is 1. The minimum absolute atomic E-state index is 0.280. The molecule has 1 amide bonds. The van der Waals surface area contributed by atoms with Crippen molar-refractivity contribution in [3.63, 3.8) is 0 Å². The van der Waals surface area contributed by atoms with Crippen molar-refractivity contribution in [1.82, 2.24) is 5.32 Å². The lowest BCUT2D eigenvalue weighted by Gasteiger charge is -2.28. The molecule has 0 radical (unpaired) electrons. The Hall–Kier alpha value is -2.54. The molecule has 7 heteroatoms. The summed E-state index contributed by atoms with van der Waals surface area (Å²) in [6, 6.07) is 13.8. The van der Waals surface area contributed by atoms with Crippen molar-refractivity contribution in [2.24, 2.45) is 0 Å². The van der Waals surface area contributed by atoms with Crippen LogP contribution in [0.3, 0.4) is 0 Å². The van der Waals surface area contributed by atoms with E-state index in [-0.39, 0.29) is 12.5 Å². The van der Waals surface area contributed by atoms with E-state index in [1.165, 1.54) is 0 Å². The van der Waals surface area contributed by atoms with Gasteiger partial charge in [-0.3, -0.25) is 9.10 Å². The summed E-state index contributed by atoms with van der Waals surface area (Å²) < 4.78 is 31.2. The monoisotopic (exact) mass is 390 g/mol. The summed E-state index contributed by atoms with van der Waals surface area (Å²) >= 11 is 0. The Morgan fingerprint density at radius 1 is 1.11 bits per heavy atom. The van der Waals surface area contributed by atoms with Crippen LogP contribution in [-0.2, 0) is 14.8 Å². The number of aryl methyl sites for hydroxylation is 2. The first kappa shape index (κ1) is 20.8. The summed E-state index contributed by atoms with van der Waals surface area (Å²) in [6.07, 6.45) is 1.10. The summed E-state index contributed by atoms with van der Waals surface area (Å²) in [5.74, 6) is 0.342. The molecular weight excluding hydrogens is 364 g/mol. The molecule has 0 saturated carbocycles. The van der Waals surface area contributed by atoms with Crippen LogP contribution >= 0.6 is 0 Å². The molecule has 0 aliphatic heterocycles. The van der Waals surface area contributed by atoms with Crippen LogP contribution in [-0.4, -0.2) is 39.8 Å². The average molecular weight is 391 g/mol. The second kappa shape index (κ2) is 8.90. The van der Waals surface area contributed by atoms with E-state index in [0.29, 0.717) is 12.3 Å². The van der Waals surface area contributed by atoms with Gasteiger partial charge in [-0.1, -0.05) is 29.8 Å². The van der Waals surface area contributed by atoms with Gasteiger partial charge in [0.1, 0.15) is 18.4 Å². The zero-order chi connectivity index (χ0) is 20.0. The zero-order valence-corrected chi connectivity index (χ0v) is 16.9. The van der Waals surface area contributed by atoms with Crippen LogP contribution in [0.5, 0.6) is 5.75 Å². The summed E-state index contributed by atoms with van der Waals surface area (Å²) in [5.41, 5.74) is 2.53. The van der Waals surface area contributed by atoms with Gasteiger partial charge in [-0.15, -0.1) is 0 Å². The average Bonchev–Trinajstić information content (AvgIpc) is 2.59. The van der Waals surface area contributed by atoms with E-state index in [4.69, 9.17) is 4.74 Å². The lowest BCUT2D eigenvalue weighted by molar-refractivity contribution is -0.121. The van der Waals surface area contributed by atoms with Gasteiger partial charge in [0.2, 0.25) is 15.9 Å². The van der Waals surface area contributed by atoms with E-state index >= 15 is 0 Å². The predicted octanol–water partition coefficient (Wildman–Crippen LogP) is 2.65. The van der Waals surface area contributed by atoms with Gasteiger partial charge in [-0.05, 0) is 50.6 Å². The molecule has 0 spiro atoms. The third-order valence-electron chi connectivity index (χ3n) is 4.04. The number of sulfonamides is 1. The van der Waals surface area contributed by atoms with Crippen LogP contribution < -0.4 is 14.4 Å².